The third kappa shape index (κ3) is 3.59. The van der Waals surface area contributed by atoms with Crippen LogP contribution in [0.1, 0.15) is 24.5 Å². The van der Waals surface area contributed by atoms with Gasteiger partial charge >= 0.3 is 0 Å². The van der Waals surface area contributed by atoms with Crippen molar-refractivity contribution in [3.05, 3.63) is 58.1 Å². The Morgan fingerprint density at radius 3 is 2.53 bits per heavy atom. The molecule has 0 saturated carbocycles. The van der Waals surface area contributed by atoms with Crippen LogP contribution in [0.3, 0.4) is 0 Å². The van der Waals surface area contributed by atoms with Crippen molar-refractivity contribution in [1.82, 2.24) is 0 Å². The number of nitriles is 1. The second-order valence-electron chi connectivity index (χ2n) is 4.25. The monoisotopic (exact) mass is 315 g/mol. The van der Waals surface area contributed by atoms with E-state index in [9.17, 15) is 0 Å². The molecule has 0 aliphatic carbocycles. The molecule has 0 unspecified atom stereocenters. The zero-order valence-electron chi connectivity index (χ0n) is 10.7. The van der Waals surface area contributed by atoms with Crippen LogP contribution in [-0.2, 0) is 6.42 Å². The van der Waals surface area contributed by atoms with Crippen molar-refractivity contribution in [3.8, 4) is 17.6 Å². The largest absolute Gasteiger partial charge is 0.456 e. The van der Waals surface area contributed by atoms with Crippen molar-refractivity contribution >= 4 is 15.9 Å². The van der Waals surface area contributed by atoms with Gasteiger partial charge in [-0.05, 0) is 42.3 Å². The third-order valence-corrected chi connectivity index (χ3v) is 3.25. The number of rotatable bonds is 4. The summed E-state index contributed by atoms with van der Waals surface area (Å²) in [5, 5.41) is 9.08. The van der Waals surface area contributed by atoms with Crippen LogP contribution in [0, 0.1) is 11.3 Å². The Kier molecular flexibility index (Phi) is 4.59. The minimum atomic E-state index is 0.520. The molecule has 0 fully saturated rings. The molecule has 0 N–H and O–H groups in total. The van der Waals surface area contributed by atoms with E-state index < -0.39 is 0 Å². The summed E-state index contributed by atoms with van der Waals surface area (Å²) in [7, 11) is 0. The molecule has 0 spiro atoms. The lowest BCUT2D eigenvalue weighted by Gasteiger charge is -2.08. The maximum atomic E-state index is 9.08. The summed E-state index contributed by atoms with van der Waals surface area (Å²) in [4.78, 5) is 0. The van der Waals surface area contributed by atoms with Gasteiger partial charge in [0.15, 0.2) is 0 Å². The van der Waals surface area contributed by atoms with E-state index in [1.807, 2.05) is 18.2 Å². The molecule has 0 saturated heterocycles. The van der Waals surface area contributed by atoms with E-state index in [1.165, 1.54) is 5.56 Å². The molecule has 19 heavy (non-hydrogen) atoms. The van der Waals surface area contributed by atoms with Crippen LogP contribution in [0.25, 0.3) is 0 Å². The van der Waals surface area contributed by atoms with E-state index in [0.29, 0.717) is 11.3 Å². The standard InChI is InChI=1S/C16H14BrNO/c1-2-3-12-4-7-15(8-5-12)19-16-9-6-14(17)10-13(16)11-18/h4-10H,2-3H2,1H3. The van der Waals surface area contributed by atoms with Gasteiger partial charge in [0.1, 0.15) is 17.6 Å². The highest BCUT2D eigenvalue weighted by atomic mass is 79.9. The van der Waals surface area contributed by atoms with E-state index in [4.69, 9.17) is 10.00 Å². The summed E-state index contributed by atoms with van der Waals surface area (Å²) in [5.74, 6) is 1.33. The quantitative estimate of drug-likeness (QED) is 0.789. The van der Waals surface area contributed by atoms with Gasteiger partial charge in [0, 0.05) is 4.47 Å². The van der Waals surface area contributed by atoms with E-state index >= 15 is 0 Å². The Bertz CT molecular complexity index is 599. The summed E-state index contributed by atoms with van der Waals surface area (Å²) < 4.78 is 6.62. The van der Waals surface area contributed by atoms with Crippen molar-refractivity contribution in [1.29, 1.82) is 5.26 Å². The second kappa shape index (κ2) is 6.40. The molecule has 2 aromatic carbocycles. The molecule has 0 heterocycles. The molecule has 2 rings (SSSR count). The molecule has 0 bridgehead atoms. The predicted molar refractivity (Wildman–Crippen MR) is 79.4 cm³/mol. The molecule has 2 aromatic rings. The number of ether oxygens (including phenoxy) is 1. The smallest absolute Gasteiger partial charge is 0.145 e. The molecule has 0 amide bonds. The van der Waals surface area contributed by atoms with Gasteiger partial charge < -0.3 is 4.74 Å². The van der Waals surface area contributed by atoms with Crippen LogP contribution < -0.4 is 4.74 Å². The van der Waals surface area contributed by atoms with E-state index in [-0.39, 0.29) is 0 Å². The molecule has 2 nitrogen and oxygen atoms in total. The van der Waals surface area contributed by atoms with Crippen LogP contribution in [-0.4, -0.2) is 0 Å². The van der Waals surface area contributed by atoms with Crippen molar-refractivity contribution in [3.63, 3.8) is 0 Å². The Balaban J connectivity index is 2.19. The van der Waals surface area contributed by atoms with E-state index in [2.05, 4.69) is 41.1 Å². The van der Waals surface area contributed by atoms with E-state index in [0.717, 1.165) is 23.1 Å². The zero-order chi connectivity index (χ0) is 13.7. The number of halogens is 1. The van der Waals surface area contributed by atoms with Gasteiger partial charge in [-0.3, -0.25) is 0 Å². The zero-order valence-corrected chi connectivity index (χ0v) is 12.3. The van der Waals surface area contributed by atoms with Gasteiger partial charge in [0.25, 0.3) is 0 Å². The van der Waals surface area contributed by atoms with Crippen LogP contribution >= 0.6 is 15.9 Å². The van der Waals surface area contributed by atoms with Gasteiger partial charge in [0.05, 0.1) is 5.56 Å². The fourth-order valence-electron chi connectivity index (χ4n) is 1.82. The van der Waals surface area contributed by atoms with Crippen molar-refractivity contribution in [2.45, 2.75) is 19.8 Å². The van der Waals surface area contributed by atoms with Gasteiger partial charge in [-0.25, -0.2) is 0 Å². The number of hydrogen-bond acceptors (Lipinski definition) is 2. The highest BCUT2D eigenvalue weighted by Gasteiger charge is 2.05. The first-order valence-electron chi connectivity index (χ1n) is 6.19. The number of hydrogen-bond donors (Lipinski definition) is 0. The van der Waals surface area contributed by atoms with Gasteiger partial charge in [0.2, 0.25) is 0 Å². The molecular weight excluding hydrogens is 302 g/mol. The van der Waals surface area contributed by atoms with Crippen molar-refractivity contribution < 1.29 is 4.74 Å². The van der Waals surface area contributed by atoms with Crippen LogP contribution in [0.2, 0.25) is 0 Å². The molecule has 3 heteroatoms. The summed E-state index contributed by atoms with van der Waals surface area (Å²) in [6.07, 6.45) is 2.20. The summed E-state index contributed by atoms with van der Waals surface area (Å²) in [5.41, 5.74) is 1.82. The molecule has 0 aliphatic rings. The highest BCUT2D eigenvalue weighted by molar-refractivity contribution is 9.10. The Labute approximate surface area is 121 Å². The molecule has 0 aromatic heterocycles. The summed E-state index contributed by atoms with van der Waals surface area (Å²) in [6, 6.07) is 15.5. The minimum Gasteiger partial charge on any atom is -0.456 e. The molecule has 0 atom stereocenters. The van der Waals surface area contributed by atoms with Gasteiger partial charge in [-0.2, -0.15) is 5.26 Å². The first-order valence-corrected chi connectivity index (χ1v) is 6.98. The molecule has 0 aliphatic heterocycles. The van der Waals surface area contributed by atoms with E-state index in [1.54, 1.807) is 12.1 Å². The van der Waals surface area contributed by atoms with Crippen molar-refractivity contribution in [2.24, 2.45) is 0 Å². The average Bonchev–Trinajstić information content (AvgIpc) is 2.43. The molecule has 0 radical (unpaired) electrons. The fraction of sp³-hybridized carbons (Fsp3) is 0.188. The Morgan fingerprint density at radius 2 is 1.89 bits per heavy atom. The molecular formula is C16H14BrNO. The summed E-state index contributed by atoms with van der Waals surface area (Å²) in [6.45, 7) is 2.16. The number of benzene rings is 2. The average molecular weight is 316 g/mol. The minimum absolute atomic E-state index is 0.520. The third-order valence-electron chi connectivity index (χ3n) is 2.75. The van der Waals surface area contributed by atoms with Gasteiger partial charge in [-0.15, -0.1) is 0 Å². The second-order valence-corrected chi connectivity index (χ2v) is 5.16. The SMILES string of the molecule is CCCc1ccc(Oc2ccc(Br)cc2C#N)cc1. The topological polar surface area (TPSA) is 33.0 Å². The van der Waals surface area contributed by atoms with Crippen LogP contribution in [0.4, 0.5) is 0 Å². The normalized spacial score (nSPS) is 9.95. The van der Waals surface area contributed by atoms with Gasteiger partial charge in [-0.1, -0.05) is 41.4 Å². The van der Waals surface area contributed by atoms with Crippen LogP contribution in [0.5, 0.6) is 11.5 Å². The Hall–Kier alpha value is -1.79. The lowest BCUT2D eigenvalue weighted by atomic mass is 10.1. The van der Waals surface area contributed by atoms with Crippen LogP contribution in [0.15, 0.2) is 46.9 Å². The lowest BCUT2D eigenvalue weighted by molar-refractivity contribution is 0.480. The molecule has 96 valence electrons. The maximum Gasteiger partial charge on any atom is 0.145 e. The number of nitrogens with zero attached hydrogens (tertiary/aromatic N) is 1. The lowest BCUT2D eigenvalue weighted by Crippen LogP contribution is -1.89. The van der Waals surface area contributed by atoms with Crippen molar-refractivity contribution in [2.75, 3.05) is 0 Å². The Morgan fingerprint density at radius 1 is 1.16 bits per heavy atom. The first kappa shape index (κ1) is 13.6. The maximum absolute atomic E-state index is 9.08. The fourth-order valence-corrected chi connectivity index (χ4v) is 2.18. The first-order chi connectivity index (χ1) is 9.22. The highest BCUT2D eigenvalue weighted by Crippen LogP contribution is 2.27. The number of aryl methyl sites for hydroxylation is 1. The predicted octanol–water partition coefficient (Wildman–Crippen LogP) is 5.07. The summed E-state index contributed by atoms with van der Waals surface area (Å²) >= 11 is 3.34.